The molecule has 18 heavy (non-hydrogen) atoms. The van der Waals surface area contributed by atoms with Gasteiger partial charge in [-0.3, -0.25) is 0 Å². The Balaban J connectivity index is 1.98. The van der Waals surface area contributed by atoms with E-state index in [-0.39, 0.29) is 0 Å². The molecule has 0 aliphatic heterocycles. The number of furan rings is 1. The van der Waals surface area contributed by atoms with Crippen LogP contribution in [-0.4, -0.2) is 19.1 Å². The van der Waals surface area contributed by atoms with Gasteiger partial charge in [0.2, 0.25) is 0 Å². The van der Waals surface area contributed by atoms with Crippen molar-refractivity contribution in [3.05, 3.63) is 34.5 Å². The van der Waals surface area contributed by atoms with Crippen LogP contribution in [0.5, 0.6) is 0 Å². The molecule has 98 valence electrons. The highest BCUT2D eigenvalue weighted by Crippen LogP contribution is 2.26. The van der Waals surface area contributed by atoms with Crippen LogP contribution in [-0.2, 0) is 6.54 Å². The Labute approximate surface area is 116 Å². The van der Waals surface area contributed by atoms with Gasteiger partial charge in [0.15, 0.2) is 0 Å². The Kier molecular flexibility index (Phi) is 4.80. The summed E-state index contributed by atoms with van der Waals surface area (Å²) in [5.74, 6) is 0.972. The van der Waals surface area contributed by atoms with Gasteiger partial charge in [0.1, 0.15) is 11.3 Å². The molecule has 1 aromatic heterocycles. The van der Waals surface area contributed by atoms with Crippen LogP contribution in [0.1, 0.15) is 19.6 Å². The molecule has 0 fully saturated rings. The van der Waals surface area contributed by atoms with Gasteiger partial charge >= 0.3 is 0 Å². The summed E-state index contributed by atoms with van der Waals surface area (Å²) in [6.45, 7) is 7.02. The van der Waals surface area contributed by atoms with Crippen molar-refractivity contribution in [3.8, 4) is 0 Å². The molecule has 0 bridgehead atoms. The summed E-state index contributed by atoms with van der Waals surface area (Å²) < 4.78 is 6.83. The quantitative estimate of drug-likeness (QED) is 0.859. The Morgan fingerprint density at radius 1 is 1.39 bits per heavy atom. The van der Waals surface area contributed by atoms with Crippen molar-refractivity contribution in [1.29, 1.82) is 0 Å². The summed E-state index contributed by atoms with van der Waals surface area (Å²) in [6, 6.07) is 8.60. The normalized spacial score (nSPS) is 13.1. The van der Waals surface area contributed by atoms with Crippen LogP contribution in [0, 0.1) is 0 Å². The SMILES string of the molecule is CCNCC(C)NCc1cc2cccc(Br)c2o1. The van der Waals surface area contributed by atoms with Gasteiger partial charge < -0.3 is 15.1 Å². The van der Waals surface area contributed by atoms with Gasteiger partial charge in [0.05, 0.1) is 11.0 Å². The van der Waals surface area contributed by atoms with Crippen LogP contribution in [0.15, 0.2) is 33.2 Å². The Bertz CT molecular complexity index is 509. The highest BCUT2D eigenvalue weighted by molar-refractivity contribution is 9.10. The standard InChI is InChI=1S/C14H19BrN2O/c1-3-16-8-10(2)17-9-12-7-11-5-4-6-13(15)14(11)18-12/h4-7,10,16-17H,3,8-9H2,1-2H3. The average Bonchev–Trinajstić information content (AvgIpc) is 2.78. The van der Waals surface area contributed by atoms with Gasteiger partial charge in [-0.05, 0) is 41.5 Å². The first-order valence-corrected chi connectivity index (χ1v) is 7.11. The Morgan fingerprint density at radius 3 is 2.94 bits per heavy atom. The van der Waals surface area contributed by atoms with Crippen molar-refractivity contribution in [1.82, 2.24) is 10.6 Å². The van der Waals surface area contributed by atoms with Gasteiger partial charge in [-0.1, -0.05) is 19.1 Å². The van der Waals surface area contributed by atoms with Crippen molar-refractivity contribution in [3.63, 3.8) is 0 Å². The molecule has 0 saturated heterocycles. The first-order chi connectivity index (χ1) is 8.70. The van der Waals surface area contributed by atoms with E-state index in [2.05, 4.69) is 52.5 Å². The van der Waals surface area contributed by atoms with E-state index in [1.165, 1.54) is 0 Å². The number of rotatable bonds is 6. The fourth-order valence-corrected chi connectivity index (χ4v) is 2.34. The molecule has 0 radical (unpaired) electrons. The molecular formula is C14H19BrN2O. The summed E-state index contributed by atoms with van der Waals surface area (Å²) in [4.78, 5) is 0. The van der Waals surface area contributed by atoms with Crippen LogP contribution in [0.3, 0.4) is 0 Å². The van der Waals surface area contributed by atoms with Crippen LogP contribution in [0.25, 0.3) is 11.0 Å². The Hall–Kier alpha value is -0.840. The van der Waals surface area contributed by atoms with Crippen LogP contribution < -0.4 is 10.6 Å². The summed E-state index contributed by atoms with van der Waals surface area (Å²) in [5, 5.41) is 7.90. The predicted molar refractivity (Wildman–Crippen MR) is 78.8 cm³/mol. The maximum atomic E-state index is 5.82. The fourth-order valence-electron chi connectivity index (χ4n) is 1.88. The number of nitrogens with one attached hydrogen (secondary N) is 2. The zero-order valence-corrected chi connectivity index (χ0v) is 12.4. The molecule has 1 atom stereocenters. The number of fused-ring (bicyclic) bond motifs is 1. The second-order valence-electron chi connectivity index (χ2n) is 4.46. The van der Waals surface area contributed by atoms with E-state index in [0.717, 1.165) is 40.8 Å². The molecular weight excluding hydrogens is 292 g/mol. The number of hydrogen-bond donors (Lipinski definition) is 2. The smallest absolute Gasteiger partial charge is 0.148 e. The molecule has 2 rings (SSSR count). The molecule has 1 heterocycles. The lowest BCUT2D eigenvalue weighted by atomic mass is 10.2. The molecule has 0 spiro atoms. The van der Waals surface area contributed by atoms with Gasteiger partial charge in [0.25, 0.3) is 0 Å². The molecule has 1 aromatic carbocycles. The van der Waals surface area contributed by atoms with Gasteiger partial charge in [-0.15, -0.1) is 0 Å². The highest BCUT2D eigenvalue weighted by Gasteiger charge is 2.07. The number of benzene rings is 1. The number of halogens is 1. The van der Waals surface area contributed by atoms with E-state index < -0.39 is 0 Å². The Morgan fingerprint density at radius 2 is 2.22 bits per heavy atom. The fraction of sp³-hybridized carbons (Fsp3) is 0.429. The van der Waals surface area contributed by atoms with Gasteiger partial charge in [0, 0.05) is 18.0 Å². The molecule has 4 heteroatoms. The van der Waals surface area contributed by atoms with Crippen molar-refractivity contribution in [2.24, 2.45) is 0 Å². The van der Waals surface area contributed by atoms with Gasteiger partial charge in [-0.25, -0.2) is 0 Å². The predicted octanol–water partition coefficient (Wildman–Crippen LogP) is 3.28. The van der Waals surface area contributed by atoms with E-state index in [4.69, 9.17) is 4.42 Å². The van der Waals surface area contributed by atoms with E-state index in [1.54, 1.807) is 0 Å². The van der Waals surface area contributed by atoms with Gasteiger partial charge in [-0.2, -0.15) is 0 Å². The second-order valence-corrected chi connectivity index (χ2v) is 5.31. The number of hydrogen-bond acceptors (Lipinski definition) is 3. The van der Waals surface area contributed by atoms with Crippen molar-refractivity contribution < 1.29 is 4.42 Å². The van der Waals surface area contributed by atoms with Crippen LogP contribution in [0.2, 0.25) is 0 Å². The maximum absolute atomic E-state index is 5.82. The minimum absolute atomic E-state index is 0.432. The molecule has 3 nitrogen and oxygen atoms in total. The average molecular weight is 311 g/mol. The molecule has 1 unspecified atom stereocenters. The minimum atomic E-state index is 0.432. The number of likely N-dealkylation sites (N-methyl/N-ethyl adjacent to an activating group) is 1. The monoisotopic (exact) mass is 310 g/mol. The van der Waals surface area contributed by atoms with Crippen LogP contribution >= 0.6 is 15.9 Å². The van der Waals surface area contributed by atoms with Crippen molar-refractivity contribution in [2.75, 3.05) is 13.1 Å². The van der Waals surface area contributed by atoms with E-state index in [1.807, 2.05) is 12.1 Å². The first kappa shape index (κ1) is 13.6. The summed E-state index contributed by atoms with van der Waals surface area (Å²) in [6.07, 6.45) is 0. The van der Waals surface area contributed by atoms with Crippen LogP contribution in [0.4, 0.5) is 0 Å². The summed E-state index contributed by atoms with van der Waals surface area (Å²) in [5.41, 5.74) is 0.925. The molecule has 2 N–H and O–H groups in total. The molecule has 0 aliphatic rings. The third-order valence-corrected chi connectivity index (χ3v) is 3.50. The lowest BCUT2D eigenvalue weighted by Crippen LogP contribution is -2.35. The lowest BCUT2D eigenvalue weighted by Gasteiger charge is -2.12. The maximum Gasteiger partial charge on any atom is 0.148 e. The molecule has 0 amide bonds. The zero-order valence-electron chi connectivity index (χ0n) is 10.8. The third kappa shape index (κ3) is 3.34. The first-order valence-electron chi connectivity index (χ1n) is 6.31. The molecule has 0 aliphatic carbocycles. The lowest BCUT2D eigenvalue weighted by molar-refractivity contribution is 0.459. The van der Waals surface area contributed by atoms with E-state index in [9.17, 15) is 0 Å². The molecule has 0 saturated carbocycles. The molecule has 2 aromatic rings. The largest absolute Gasteiger partial charge is 0.459 e. The van der Waals surface area contributed by atoms with E-state index >= 15 is 0 Å². The topological polar surface area (TPSA) is 37.2 Å². The zero-order chi connectivity index (χ0) is 13.0. The summed E-state index contributed by atoms with van der Waals surface area (Å²) >= 11 is 3.50. The van der Waals surface area contributed by atoms with E-state index in [0.29, 0.717) is 6.04 Å². The van der Waals surface area contributed by atoms with Crippen molar-refractivity contribution >= 4 is 26.9 Å². The minimum Gasteiger partial charge on any atom is -0.459 e. The third-order valence-electron chi connectivity index (χ3n) is 2.87. The summed E-state index contributed by atoms with van der Waals surface area (Å²) in [7, 11) is 0. The van der Waals surface area contributed by atoms with Crippen molar-refractivity contribution in [2.45, 2.75) is 26.4 Å². The number of para-hydroxylation sites is 1. The second kappa shape index (κ2) is 6.36. The highest BCUT2D eigenvalue weighted by atomic mass is 79.9.